The zero-order valence-electron chi connectivity index (χ0n) is 13.2. The second kappa shape index (κ2) is 6.87. The van der Waals surface area contributed by atoms with Crippen LogP contribution in [0.2, 0.25) is 0 Å². The van der Waals surface area contributed by atoms with Crippen molar-refractivity contribution in [1.82, 2.24) is 14.9 Å². The minimum absolute atomic E-state index is 0.108. The topological polar surface area (TPSA) is 66.3 Å². The van der Waals surface area contributed by atoms with Crippen LogP contribution in [0.4, 0.5) is 0 Å². The van der Waals surface area contributed by atoms with Crippen LogP contribution in [0.15, 0.2) is 42.7 Å². The Morgan fingerprint density at radius 2 is 1.91 bits per heavy atom. The molecule has 2 aromatic rings. The maximum atomic E-state index is 12.5. The molecule has 1 aliphatic rings. The highest BCUT2D eigenvalue weighted by atomic mass is 16.3. The van der Waals surface area contributed by atoms with Gasteiger partial charge in [0.1, 0.15) is 0 Å². The summed E-state index contributed by atoms with van der Waals surface area (Å²) in [5.41, 5.74) is 1.40. The Bertz CT molecular complexity index is 658. The van der Waals surface area contributed by atoms with Gasteiger partial charge >= 0.3 is 0 Å². The van der Waals surface area contributed by atoms with Crippen molar-refractivity contribution >= 4 is 5.91 Å². The van der Waals surface area contributed by atoms with Crippen molar-refractivity contribution in [2.45, 2.75) is 25.4 Å². The Balaban J connectivity index is 1.67. The maximum Gasteiger partial charge on any atom is 0.256 e. The second-order valence-electron chi connectivity index (χ2n) is 6.11. The van der Waals surface area contributed by atoms with Crippen LogP contribution >= 0.6 is 0 Å². The zero-order valence-corrected chi connectivity index (χ0v) is 13.2. The minimum Gasteiger partial charge on any atom is -0.393 e. The number of aromatic nitrogens is 2. The van der Waals surface area contributed by atoms with E-state index < -0.39 is 0 Å². The summed E-state index contributed by atoms with van der Waals surface area (Å²) in [5.74, 6) is 0.674. The van der Waals surface area contributed by atoms with Crippen molar-refractivity contribution in [2.24, 2.45) is 5.92 Å². The molecule has 3 rings (SSSR count). The molecule has 1 aliphatic carbocycles. The van der Waals surface area contributed by atoms with Crippen molar-refractivity contribution in [1.29, 1.82) is 0 Å². The number of aliphatic hydroxyl groups excluding tert-OH is 1. The molecular weight excluding hydrogens is 290 g/mol. The van der Waals surface area contributed by atoms with Gasteiger partial charge in [-0.15, -0.1) is 0 Å². The number of hydrogen-bond donors (Lipinski definition) is 1. The van der Waals surface area contributed by atoms with Crippen molar-refractivity contribution in [2.75, 3.05) is 13.6 Å². The molecule has 2 unspecified atom stereocenters. The average molecular weight is 311 g/mol. The molecule has 0 aliphatic heterocycles. The maximum absolute atomic E-state index is 12.5. The van der Waals surface area contributed by atoms with Crippen LogP contribution in [0.5, 0.6) is 0 Å². The zero-order chi connectivity index (χ0) is 16.2. The first-order valence-electron chi connectivity index (χ1n) is 7.96. The first-order valence-corrected chi connectivity index (χ1v) is 7.96. The third kappa shape index (κ3) is 3.56. The van der Waals surface area contributed by atoms with E-state index in [1.54, 1.807) is 24.3 Å². The van der Waals surface area contributed by atoms with Crippen molar-refractivity contribution in [3.05, 3.63) is 48.3 Å². The van der Waals surface area contributed by atoms with E-state index in [1.807, 2.05) is 30.3 Å². The number of amides is 1. The smallest absolute Gasteiger partial charge is 0.256 e. The number of carbonyl (C=O) groups is 1. The summed E-state index contributed by atoms with van der Waals surface area (Å²) in [6.45, 7) is 0.570. The van der Waals surface area contributed by atoms with Crippen molar-refractivity contribution in [3.8, 4) is 11.4 Å². The molecule has 1 amide bonds. The van der Waals surface area contributed by atoms with Gasteiger partial charge in [0.15, 0.2) is 5.82 Å². The van der Waals surface area contributed by atoms with E-state index in [1.165, 1.54) is 0 Å². The van der Waals surface area contributed by atoms with Crippen LogP contribution in [0.25, 0.3) is 11.4 Å². The lowest BCUT2D eigenvalue weighted by Gasteiger charge is -2.23. The molecule has 23 heavy (non-hydrogen) atoms. The Kier molecular flexibility index (Phi) is 4.67. The fourth-order valence-electron chi connectivity index (χ4n) is 3.06. The minimum atomic E-state index is -0.290. The first kappa shape index (κ1) is 15.6. The number of rotatable bonds is 4. The van der Waals surface area contributed by atoms with Gasteiger partial charge in [-0.05, 0) is 12.8 Å². The van der Waals surface area contributed by atoms with Gasteiger partial charge in [-0.1, -0.05) is 36.8 Å². The molecule has 0 spiro atoms. The molecule has 1 heterocycles. The van der Waals surface area contributed by atoms with Gasteiger partial charge in [0, 0.05) is 37.5 Å². The predicted molar refractivity (Wildman–Crippen MR) is 87.8 cm³/mol. The quantitative estimate of drug-likeness (QED) is 0.941. The number of hydrogen-bond acceptors (Lipinski definition) is 4. The lowest BCUT2D eigenvalue weighted by Crippen LogP contribution is -2.34. The summed E-state index contributed by atoms with van der Waals surface area (Å²) in [6, 6.07) is 9.67. The SMILES string of the molecule is CN(CC1CCCC1O)C(=O)c1cnc(-c2ccccc2)nc1. The van der Waals surface area contributed by atoms with Gasteiger partial charge in [-0.2, -0.15) is 0 Å². The molecule has 1 N–H and O–H groups in total. The largest absolute Gasteiger partial charge is 0.393 e. The van der Waals surface area contributed by atoms with E-state index in [2.05, 4.69) is 9.97 Å². The lowest BCUT2D eigenvalue weighted by molar-refractivity contribution is 0.0693. The van der Waals surface area contributed by atoms with Crippen LogP contribution in [0.3, 0.4) is 0 Å². The predicted octanol–water partition coefficient (Wildman–Crippen LogP) is 2.38. The van der Waals surface area contributed by atoms with E-state index in [9.17, 15) is 9.90 Å². The molecule has 0 bridgehead atoms. The van der Waals surface area contributed by atoms with Crippen LogP contribution in [-0.4, -0.2) is 45.6 Å². The highest BCUT2D eigenvalue weighted by Crippen LogP contribution is 2.26. The fourth-order valence-corrected chi connectivity index (χ4v) is 3.06. The van der Waals surface area contributed by atoms with Crippen LogP contribution in [0.1, 0.15) is 29.6 Å². The fraction of sp³-hybridized carbons (Fsp3) is 0.389. The number of aliphatic hydroxyl groups is 1. The molecule has 5 nitrogen and oxygen atoms in total. The van der Waals surface area contributed by atoms with Gasteiger partial charge in [-0.25, -0.2) is 9.97 Å². The summed E-state index contributed by atoms with van der Waals surface area (Å²) in [7, 11) is 1.76. The lowest BCUT2D eigenvalue weighted by atomic mass is 10.1. The molecule has 2 atom stereocenters. The molecule has 1 fully saturated rings. The van der Waals surface area contributed by atoms with E-state index in [-0.39, 0.29) is 17.9 Å². The van der Waals surface area contributed by atoms with Crippen molar-refractivity contribution < 1.29 is 9.90 Å². The van der Waals surface area contributed by atoms with Crippen LogP contribution < -0.4 is 0 Å². The molecule has 1 saturated carbocycles. The summed E-state index contributed by atoms with van der Waals surface area (Å²) in [6.07, 6.45) is 5.69. The molecule has 0 radical (unpaired) electrons. The van der Waals surface area contributed by atoms with Gasteiger partial charge in [0.2, 0.25) is 0 Å². The average Bonchev–Trinajstić information content (AvgIpc) is 3.00. The molecule has 5 heteroatoms. The summed E-state index contributed by atoms with van der Waals surface area (Å²) in [4.78, 5) is 22.7. The normalized spacial score (nSPS) is 20.4. The van der Waals surface area contributed by atoms with E-state index in [0.717, 1.165) is 24.8 Å². The number of benzene rings is 1. The van der Waals surface area contributed by atoms with Crippen LogP contribution in [0, 0.1) is 5.92 Å². The molecule has 1 aromatic carbocycles. The Hall–Kier alpha value is -2.27. The monoisotopic (exact) mass is 311 g/mol. The Morgan fingerprint density at radius 3 is 2.52 bits per heavy atom. The number of nitrogens with zero attached hydrogens (tertiary/aromatic N) is 3. The van der Waals surface area contributed by atoms with E-state index in [0.29, 0.717) is 17.9 Å². The van der Waals surface area contributed by atoms with Gasteiger partial charge < -0.3 is 10.0 Å². The number of carbonyl (C=O) groups excluding carboxylic acids is 1. The Labute approximate surface area is 136 Å². The third-order valence-electron chi connectivity index (χ3n) is 4.40. The highest BCUT2D eigenvalue weighted by molar-refractivity contribution is 5.93. The second-order valence-corrected chi connectivity index (χ2v) is 6.11. The molecule has 0 saturated heterocycles. The molecule has 1 aromatic heterocycles. The standard InChI is InChI=1S/C18H21N3O2/c1-21(12-14-8-5-9-16(14)22)18(23)15-10-19-17(20-11-15)13-6-3-2-4-7-13/h2-4,6-7,10-11,14,16,22H,5,8-9,12H2,1H3. The van der Waals surface area contributed by atoms with E-state index >= 15 is 0 Å². The summed E-state index contributed by atoms with van der Waals surface area (Å²) < 4.78 is 0. The summed E-state index contributed by atoms with van der Waals surface area (Å²) >= 11 is 0. The first-order chi connectivity index (χ1) is 11.1. The highest BCUT2D eigenvalue weighted by Gasteiger charge is 2.27. The van der Waals surface area contributed by atoms with E-state index in [4.69, 9.17) is 0 Å². The van der Waals surface area contributed by atoms with Gasteiger partial charge in [-0.3, -0.25) is 4.79 Å². The Morgan fingerprint density at radius 1 is 1.22 bits per heavy atom. The van der Waals surface area contributed by atoms with Crippen LogP contribution in [-0.2, 0) is 0 Å². The molecular formula is C18H21N3O2. The summed E-state index contributed by atoms with van der Waals surface area (Å²) in [5, 5.41) is 9.89. The van der Waals surface area contributed by atoms with Crippen molar-refractivity contribution in [3.63, 3.8) is 0 Å². The van der Waals surface area contributed by atoms with Gasteiger partial charge in [0.25, 0.3) is 5.91 Å². The molecule has 120 valence electrons. The van der Waals surface area contributed by atoms with Gasteiger partial charge in [0.05, 0.1) is 11.7 Å². The third-order valence-corrected chi connectivity index (χ3v) is 4.40.